The lowest BCUT2D eigenvalue weighted by Gasteiger charge is -2.22. The van der Waals surface area contributed by atoms with Crippen LogP contribution < -0.4 is 26.2 Å². The number of benzene rings is 2. The van der Waals surface area contributed by atoms with Gasteiger partial charge in [0.1, 0.15) is 18.4 Å². The summed E-state index contributed by atoms with van der Waals surface area (Å²) in [7, 11) is 0. The van der Waals surface area contributed by atoms with E-state index in [9.17, 15) is 19.2 Å². The summed E-state index contributed by atoms with van der Waals surface area (Å²) in [5.41, 5.74) is 0.924. The van der Waals surface area contributed by atoms with Gasteiger partial charge in [0, 0.05) is 36.7 Å². The van der Waals surface area contributed by atoms with Gasteiger partial charge in [-0.2, -0.15) is 5.10 Å². The number of carbonyl (C=O) groups is 3. The molecule has 3 aromatic rings. The van der Waals surface area contributed by atoms with Crippen LogP contribution in [0.25, 0.3) is 10.8 Å². The van der Waals surface area contributed by atoms with Gasteiger partial charge < -0.3 is 24.8 Å². The van der Waals surface area contributed by atoms with Crippen LogP contribution in [0.15, 0.2) is 53.5 Å². The molecule has 3 N–H and O–H groups in total. The standard InChI is InChI=1S/C27H31N5O7/c1-18(33)30-20-5-7-21(8-6-20)39-16-15-38-14-13-37-12-11-28-22-4-2-3-19-17-29-32(27(36)25(19)22)23-9-10-24(34)31-26(23)35/h2-8,17,23,28H,9-16H2,1H3,(H,30,33)(H,31,34,35). The highest BCUT2D eigenvalue weighted by Crippen LogP contribution is 2.22. The molecule has 2 aromatic carbocycles. The molecule has 4 rings (SSSR count). The van der Waals surface area contributed by atoms with Gasteiger partial charge in [0.2, 0.25) is 11.8 Å². The molecule has 0 saturated carbocycles. The number of hydrogen-bond acceptors (Lipinski definition) is 9. The van der Waals surface area contributed by atoms with Gasteiger partial charge in [-0.25, -0.2) is 4.68 Å². The fourth-order valence-corrected chi connectivity index (χ4v) is 4.13. The van der Waals surface area contributed by atoms with Gasteiger partial charge in [0.25, 0.3) is 11.5 Å². The van der Waals surface area contributed by atoms with Crippen molar-refractivity contribution >= 4 is 39.9 Å². The molecule has 12 nitrogen and oxygen atoms in total. The molecule has 2 heterocycles. The number of hydrogen-bond donors (Lipinski definition) is 3. The second-order valence-corrected chi connectivity index (χ2v) is 8.84. The predicted octanol–water partition coefficient (Wildman–Crippen LogP) is 1.86. The summed E-state index contributed by atoms with van der Waals surface area (Å²) in [5, 5.41) is 13.4. The minimum Gasteiger partial charge on any atom is -0.491 e. The van der Waals surface area contributed by atoms with Crippen LogP contribution in [0.5, 0.6) is 5.75 Å². The van der Waals surface area contributed by atoms with Crippen molar-refractivity contribution in [1.82, 2.24) is 15.1 Å². The zero-order chi connectivity index (χ0) is 27.6. The molecule has 1 aromatic heterocycles. The Bertz CT molecular complexity index is 1370. The molecule has 0 bridgehead atoms. The van der Waals surface area contributed by atoms with Crippen LogP contribution in [0, 0.1) is 0 Å². The van der Waals surface area contributed by atoms with Crippen LogP contribution in [0.3, 0.4) is 0 Å². The third kappa shape index (κ3) is 7.62. The molecule has 1 aliphatic heterocycles. The fourth-order valence-electron chi connectivity index (χ4n) is 4.13. The highest BCUT2D eigenvalue weighted by atomic mass is 16.5. The summed E-state index contributed by atoms with van der Waals surface area (Å²) in [6.07, 6.45) is 1.93. The number of carbonyl (C=O) groups excluding carboxylic acids is 3. The minimum atomic E-state index is -0.822. The summed E-state index contributed by atoms with van der Waals surface area (Å²) >= 11 is 0. The highest BCUT2D eigenvalue weighted by Gasteiger charge is 2.30. The van der Waals surface area contributed by atoms with E-state index in [2.05, 4.69) is 21.0 Å². The first-order valence-electron chi connectivity index (χ1n) is 12.7. The number of imide groups is 1. The molecule has 1 atom stereocenters. The van der Waals surface area contributed by atoms with E-state index in [0.717, 1.165) is 4.68 Å². The van der Waals surface area contributed by atoms with Crippen molar-refractivity contribution in [3.05, 3.63) is 59.0 Å². The number of aromatic nitrogens is 2. The number of anilines is 2. The number of fused-ring (bicyclic) bond motifs is 1. The van der Waals surface area contributed by atoms with Crippen LogP contribution in [-0.2, 0) is 23.9 Å². The van der Waals surface area contributed by atoms with Crippen molar-refractivity contribution < 1.29 is 28.6 Å². The summed E-state index contributed by atoms with van der Waals surface area (Å²) in [5.74, 6) is -0.316. The molecule has 1 unspecified atom stereocenters. The van der Waals surface area contributed by atoms with Crippen molar-refractivity contribution in [3.63, 3.8) is 0 Å². The van der Waals surface area contributed by atoms with E-state index in [4.69, 9.17) is 14.2 Å². The Kier molecular flexibility index (Phi) is 9.59. The second kappa shape index (κ2) is 13.5. The maximum Gasteiger partial charge on any atom is 0.277 e. The molecule has 0 radical (unpaired) electrons. The van der Waals surface area contributed by atoms with E-state index >= 15 is 0 Å². The van der Waals surface area contributed by atoms with Crippen molar-refractivity contribution in [2.45, 2.75) is 25.8 Å². The van der Waals surface area contributed by atoms with Crippen LogP contribution in [0.1, 0.15) is 25.8 Å². The first-order valence-corrected chi connectivity index (χ1v) is 12.7. The maximum absolute atomic E-state index is 13.2. The van der Waals surface area contributed by atoms with Crippen molar-refractivity contribution in [2.24, 2.45) is 0 Å². The number of nitrogens with one attached hydrogen (secondary N) is 3. The van der Waals surface area contributed by atoms with Crippen LogP contribution >= 0.6 is 0 Å². The lowest BCUT2D eigenvalue weighted by molar-refractivity contribution is -0.136. The number of amides is 3. The zero-order valence-electron chi connectivity index (χ0n) is 21.6. The number of nitrogens with zero attached hydrogens (tertiary/aromatic N) is 2. The third-order valence-electron chi connectivity index (χ3n) is 5.95. The molecule has 1 aliphatic rings. The summed E-state index contributed by atoms with van der Waals surface area (Å²) in [6, 6.07) is 11.6. The van der Waals surface area contributed by atoms with E-state index in [-0.39, 0.29) is 24.7 Å². The Morgan fingerprint density at radius 1 is 1.03 bits per heavy atom. The molecule has 3 amide bonds. The molecule has 39 heavy (non-hydrogen) atoms. The van der Waals surface area contributed by atoms with Gasteiger partial charge in [-0.1, -0.05) is 12.1 Å². The Hall–Kier alpha value is -4.29. The van der Waals surface area contributed by atoms with E-state index in [1.54, 1.807) is 42.6 Å². The zero-order valence-corrected chi connectivity index (χ0v) is 21.6. The topological polar surface area (TPSA) is 150 Å². The summed E-state index contributed by atoms with van der Waals surface area (Å²) in [6.45, 7) is 3.89. The lowest BCUT2D eigenvalue weighted by Crippen LogP contribution is -2.45. The second-order valence-electron chi connectivity index (χ2n) is 8.84. The molecule has 1 fully saturated rings. The number of ether oxygens (including phenoxy) is 3. The van der Waals surface area contributed by atoms with Crippen LogP contribution in [0.2, 0.25) is 0 Å². The quantitative estimate of drug-likeness (QED) is 0.219. The molecular formula is C27H31N5O7. The highest BCUT2D eigenvalue weighted by molar-refractivity contribution is 5.99. The average molecular weight is 538 g/mol. The van der Waals surface area contributed by atoms with E-state index in [1.165, 1.54) is 6.92 Å². The SMILES string of the molecule is CC(=O)Nc1ccc(OCCOCCOCCNc2cccc3cnn(C4CCC(=O)NC4=O)c(=O)c23)cc1. The van der Waals surface area contributed by atoms with Crippen LogP contribution in [-0.4, -0.2) is 67.1 Å². The average Bonchev–Trinajstić information content (AvgIpc) is 2.91. The summed E-state index contributed by atoms with van der Waals surface area (Å²) < 4.78 is 17.9. The Morgan fingerprint density at radius 2 is 1.77 bits per heavy atom. The Labute approximate surface area is 224 Å². The smallest absolute Gasteiger partial charge is 0.277 e. The molecule has 1 saturated heterocycles. The van der Waals surface area contributed by atoms with Crippen LogP contribution in [0.4, 0.5) is 11.4 Å². The molecule has 0 spiro atoms. The maximum atomic E-state index is 13.2. The van der Waals surface area contributed by atoms with Crippen molar-refractivity contribution in [1.29, 1.82) is 0 Å². The predicted molar refractivity (Wildman–Crippen MR) is 144 cm³/mol. The number of piperidine rings is 1. The lowest BCUT2D eigenvalue weighted by atomic mass is 10.1. The van der Waals surface area contributed by atoms with Crippen molar-refractivity contribution in [3.8, 4) is 5.75 Å². The van der Waals surface area contributed by atoms with Gasteiger partial charge in [0.15, 0.2) is 0 Å². The summed E-state index contributed by atoms with van der Waals surface area (Å²) in [4.78, 5) is 48.0. The number of rotatable bonds is 13. The first-order chi connectivity index (χ1) is 18.9. The molecular weight excluding hydrogens is 506 g/mol. The largest absolute Gasteiger partial charge is 0.491 e. The van der Waals surface area contributed by atoms with E-state index in [1.807, 2.05) is 6.07 Å². The normalized spacial score (nSPS) is 15.2. The monoisotopic (exact) mass is 537 g/mol. The molecule has 206 valence electrons. The van der Waals surface area contributed by atoms with Gasteiger partial charge in [-0.15, -0.1) is 0 Å². The van der Waals surface area contributed by atoms with E-state index < -0.39 is 17.5 Å². The van der Waals surface area contributed by atoms with Gasteiger partial charge in [-0.3, -0.25) is 24.5 Å². The fraction of sp³-hybridized carbons (Fsp3) is 0.370. The minimum absolute atomic E-state index is 0.127. The molecule has 12 heteroatoms. The Morgan fingerprint density at radius 3 is 2.51 bits per heavy atom. The van der Waals surface area contributed by atoms with Gasteiger partial charge in [-0.05, 0) is 36.8 Å². The van der Waals surface area contributed by atoms with Gasteiger partial charge in [0.05, 0.1) is 38.0 Å². The third-order valence-corrected chi connectivity index (χ3v) is 5.95. The van der Waals surface area contributed by atoms with Crippen molar-refractivity contribution in [2.75, 3.05) is 50.2 Å². The first kappa shape index (κ1) is 27.7. The van der Waals surface area contributed by atoms with Gasteiger partial charge >= 0.3 is 0 Å². The Balaban J connectivity index is 1.17. The van der Waals surface area contributed by atoms with E-state index in [0.29, 0.717) is 67.5 Å². The molecule has 0 aliphatic carbocycles.